The standard InChI is InChI=1S/C21H19FN2O4/c1-14(25)16-3-2-4-19(11-16)28-13-18(26)12-24-21(27)10-9-20(23-24)15-5-7-17(22)8-6-15/h2-11,18,26H,12-13H2,1H3. The molecule has 0 aliphatic carbocycles. The van der Waals surface area contributed by atoms with Crippen LogP contribution in [-0.2, 0) is 6.54 Å². The molecule has 1 N–H and O–H groups in total. The summed E-state index contributed by atoms with van der Waals surface area (Å²) in [6.07, 6.45) is -0.991. The van der Waals surface area contributed by atoms with Gasteiger partial charge in [0.1, 0.15) is 24.3 Å². The normalized spacial score (nSPS) is 11.8. The molecule has 3 aromatic rings. The molecule has 1 unspecified atom stereocenters. The SMILES string of the molecule is CC(=O)c1cccc(OCC(O)Cn2nc(-c3ccc(F)cc3)ccc2=O)c1. The first-order valence-corrected chi connectivity index (χ1v) is 8.68. The molecule has 0 amide bonds. The van der Waals surface area contributed by atoms with Crippen molar-refractivity contribution in [2.24, 2.45) is 0 Å². The lowest BCUT2D eigenvalue weighted by Gasteiger charge is -2.14. The number of nitrogens with zero attached hydrogens (tertiary/aromatic N) is 2. The smallest absolute Gasteiger partial charge is 0.266 e. The molecule has 1 aromatic heterocycles. The number of ether oxygens (including phenoxy) is 1. The van der Waals surface area contributed by atoms with Gasteiger partial charge in [-0.15, -0.1) is 0 Å². The molecule has 7 heteroatoms. The molecule has 3 rings (SSSR count). The van der Waals surface area contributed by atoms with Gasteiger partial charge >= 0.3 is 0 Å². The third-order valence-electron chi connectivity index (χ3n) is 4.07. The Bertz CT molecular complexity index is 1030. The molecule has 1 heterocycles. The minimum atomic E-state index is -0.991. The minimum Gasteiger partial charge on any atom is -0.491 e. The number of aliphatic hydroxyl groups excluding tert-OH is 1. The van der Waals surface area contributed by atoms with Crippen LogP contribution in [0.2, 0.25) is 0 Å². The van der Waals surface area contributed by atoms with Gasteiger partial charge in [0.2, 0.25) is 0 Å². The lowest BCUT2D eigenvalue weighted by molar-refractivity contribution is 0.0879. The molecule has 1 atom stereocenters. The Morgan fingerprint density at radius 2 is 1.93 bits per heavy atom. The van der Waals surface area contributed by atoms with Crippen LogP contribution in [0.3, 0.4) is 0 Å². The Morgan fingerprint density at radius 1 is 1.18 bits per heavy atom. The number of ketones is 1. The summed E-state index contributed by atoms with van der Waals surface area (Å²) in [4.78, 5) is 23.4. The van der Waals surface area contributed by atoms with E-state index in [1.165, 1.54) is 25.1 Å². The van der Waals surface area contributed by atoms with Crippen LogP contribution in [0, 0.1) is 5.82 Å². The summed E-state index contributed by atoms with van der Waals surface area (Å²) in [5.41, 5.74) is 1.28. The van der Waals surface area contributed by atoms with Gasteiger partial charge in [-0.3, -0.25) is 9.59 Å². The van der Waals surface area contributed by atoms with Crippen LogP contribution in [-0.4, -0.2) is 33.4 Å². The highest BCUT2D eigenvalue weighted by Gasteiger charge is 2.11. The Kier molecular flexibility index (Phi) is 5.96. The van der Waals surface area contributed by atoms with Crippen LogP contribution in [0.15, 0.2) is 65.5 Å². The first-order chi connectivity index (χ1) is 13.4. The van der Waals surface area contributed by atoms with E-state index in [2.05, 4.69) is 5.10 Å². The van der Waals surface area contributed by atoms with Crippen LogP contribution in [0.5, 0.6) is 5.75 Å². The maximum Gasteiger partial charge on any atom is 0.266 e. The average molecular weight is 382 g/mol. The topological polar surface area (TPSA) is 81.4 Å². The molecule has 0 radical (unpaired) electrons. The zero-order chi connectivity index (χ0) is 20.1. The number of aromatic nitrogens is 2. The summed E-state index contributed by atoms with van der Waals surface area (Å²) in [6.45, 7) is 1.32. The number of aliphatic hydroxyl groups is 1. The molecular formula is C21H19FN2O4. The van der Waals surface area contributed by atoms with E-state index in [0.717, 1.165) is 4.68 Å². The third kappa shape index (κ3) is 4.89. The first kappa shape index (κ1) is 19.4. The van der Waals surface area contributed by atoms with Crippen molar-refractivity contribution in [3.63, 3.8) is 0 Å². The molecule has 144 valence electrons. The second kappa shape index (κ2) is 8.58. The van der Waals surface area contributed by atoms with Crippen molar-refractivity contribution < 1.29 is 19.0 Å². The molecule has 0 fully saturated rings. The summed E-state index contributed by atoms with van der Waals surface area (Å²) in [5.74, 6) is 0.00460. The van der Waals surface area contributed by atoms with E-state index in [-0.39, 0.29) is 30.3 Å². The van der Waals surface area contributed by atoms with Crippen molar-refractivity contribution in [3.05, 3.63) is 82.4 Å². The van der Waals surface area contributed by atoms with Gasteiger partial charge in [-0.2, -0.15) is 5.10 Å². The number of carbonyl (C=O) groups excluding carboxylic acids is 1. The van der Waals surface area contributed by atoms with E-state index < -0.39 is 6.10 Å². The fourth-order valence-corrected chi connectivity index (χ4v) is 2.60. The number of halogens is 1. The van der Waals surface area contributed by atoms with Gasteiger partial charge in [0.15, 0.2) is 5.78 Å². The van der Waals surface area contributed by atoms with Crippen molar-refractivity contribution in [2.45, 2.75) is 19.6 Å². The summed E-state index contributed by atoms with van der Waals surface area (Å²) in [7, 11) is 0. The Labute approximate surface area is 160 Å². The highest BCUT2D eigenvalue weighted by Crippen LogP contribution is 2.16. The number of hydrogen-bond acceptors (Lipinski definition) is 5. The molecule has 0 bridgehead atoms. The highest BCUT2D eigenvalue weighted by molar-refractivity contribution is 5.94. The predicted molar refractivity (Wildman–Crippen MR) is 102 cm³/mol. The molecule has 0 aliphatic rings. The van der Waals surface area contributed by atoms with E-state index in [4.69, 9.17) is 4.74 Å². The molecule has 6 nitrogen and oxygen atoms in total. The number of hydrogen-bond donors (Lipinski definition) is 1. The van der Waals surface area contributed by atoms with E-state index in [0.29, 0.717) is 22.6 Å². The zero-order valence-corrected chi connectivity index (χ0v) is 15.2. The third-order valence-corrected chi connectivity index (χ3v) is 4.07. The maximum atomic E-state index is 13.1. The van der Waals surface area contributed by atoms with Crippen LogP contribution < -0.4 is 10.3 Å². The van der Waals surface area contributed by atoms with Gasteiger partial charge in [-0.25, -0.2) is 9.07 Å². The van der Waals surface area contributed by atoms with Crippen LogP contribution in [0.4, 0.5) is 4.39 Å². The second-order valence-corrected chi connectivity index (χ2v) is 6.29. The molecule has 0 saturated heterocycles. The Morgan fingerprint density at radius 3 is 2.64 bits per heavy atom. The summed E-state index contributed by atoms with van der Waals surface area (Å²) < 4.78 is 19.7. The Balaban J connectivity index is 1.68. The fourth-order valence-electron chi connectivity index (χ4n) is 2.60. The molecule has 0 saturated carbocycles. The van der Waals surface area contributed by atoms with Crippen molar-refractivity contribution >= 4 is 5.78 Å². The number of rotatable bonds is 7. The number of carbonyl (C=O) groups is 1. The molecule has 0 aliphatic heterocycles. The first-order valence-electron chi connectivity index (χ1n) is 8.68. The van der Waals surface area contributed by atoms with E-state index in [9.17, 15) is 19.1 Å². The maximum absolute atomic E-state index is 13.1. The largest absolute Gasteiger partial charge is 0.491 e. The number of benzene rings is 2. The van der Waals surface area contributed by atoms with E-state index in [1.54, 1.807) is 42.5 Å². The summed E-state index contributed by atoms with van der Waals surface area (Å²) in [5, 5.41) is 14.4. The summed E-state index contributed by atoms with van der Waals surface area (Å²) in [6, 6.07) is 15.3. The zero-order valence-electron chi connectivity index (χ0n) is 15.2. The van der Waals surface area contributed by atoms with Crippen molar-refractivity contribution in [3.8, 4) is 17.0 Å². The Hall–Kier alpha value is -3.32. The fraction of sp³-hybridized carbons (Fsp3) is 0.190. The van der Waals surface area contributed by atoms with Gasteiger partial charge in [-0.1, -0.05) is 12.1 Å². The van der Waals surface area contributed by atoms with Gasteiger partial charge in [0, 0.05) is 17.2 Å². The van der Waals surface area contributed by atoms with Crippen LogP contribution in [0.25, 0.3) is 11.3 Å². The quantitative estimate of drug-likeness (QED) is 0.636. The van der Waals surface area contributed by atoms with Crippen molar-refractivity contribution in [2.75, 3.05) is 6.61 Å². The average Bonchev–Trinajstić information content (AvgIpc) is 2.69. The van der Waals surface area contributed by atoms with Crippen LogP contribution in [0.1, 0.15) is 17.3 Å². The monoisotopic (exact) mass is 382 g/mol. The highest BCUT2D eigenvalue weighted by atomic mass is 19.1. The molecule has 2 aromatic carbocycles. The minimum absolute atomic E-state index is 0.0692. The lowest BCUT2D eigenvalue weighted by Crippen LogP contribution is -2.31. The van der Waals surface area contributed by atoms with Crippen LogP contribution >= 0.6 is 0 Å². The van der Waals surface area contributed by atoms with Gasteiger partial charge in [0.05, 0.1) is 12.2 Å². The molecule has 0 spiro atoms. The number of Topliss-reactive ketones (excluding diaryl/α,β-unsaturated/α-hetero) is 1. The van der Waals surface area contributed by atoms with Gasteiger partial charge < -0.3 is 9.84 Å². The second-order valence-electron chi connectivity index (χ2n) is 6.29. The van der Waals surface area contributed by atoms with Gasteiger partial charge in [-0.05, 0) is 49.4 Å². The summed E-state index contributed by atoms with van der Waals surface area (Å²) >= 11 is 0. The van der Waals surface area contributed by atoms with Crippen molar-refractivity contribution in [1.29, 1.82) is 0 Å². The van der Waals surface area contributed by atoms with Gasteiger partial charge in [0.25, 0.3) is 5.56 Å². The predicted octanol–water partition coefficient (Wildman–Crippen LogP) is 2.69. The van der Waals surface area contributed by atoms with Crippen molar-refractivity contribution in [1.82, 2.24) is 9.78 Å². The molecular weight excluding hydrogens is 363 g/mol. The van der Waals surface area contributed by atoms with E-state index >= 15 is 0 Å². The molecule has 28 heavy (non-hydrogen) atoms. The lowest BCUT2D eigenvalue weighted by atomic mass is 10.1. The van der Waals surface area contributed by atoms with E-state index in [1.807, 2.05) is 0 Å².